The molecule has 0 saturated heterocycles. The predicted molar refractivity (Wildman–Crippen MR) is 53.5 cm³/mol. The van der Waals surface area contributed by atoms with E-state index < -0.39 is 30.6 Å². The number of aliphatic hydroxyl groups is 1. The Morgan fingerprint density at radius 2 is 2.00 bits per heavy atom. The van der Waals surface area contributed by atoms with Crippen LogP contribution >= 0.6 is 0 Å². The van der Waals surface area contributed by atoms with E-state index in [4.69, 9.17) is 15.9 Å². The van der Waals surface area contributed by atoms with Gasteiger partial charge in [0.05, 0.1) is 6.54 Å². The van der Waals surface area contributed by atoms with Crippen molar-refractivity contribution in [3.05, 3.63) is 0 Å². The Kier molecular flexibility index (Phi) is 5.86. The van der Waals surface area contributed by atoms with Gasteiger partial charge in [0.1, 0.15) is 6.54 Å². The molecule has 0 bridgehead atoms. The van der Waals surface area contributed by atoms with E-state index in [2.05, 4.69) is 5.32 Å². The summed E-state index contributed by atoms with van der Waals surface area (Å²) < 4.78 is 0. The van der Waals surface area contributed by atoms with Crippen LogP contribution in [0.15, 0.2) is 0 Å². The van der Waals surface area contributed by atoms with E-state index >= 15 is 0 Å². The van der Waals surface area contributed by atoms with Crippen LogP contribution in [0.25, 0.3) is 0 Å². The Labute approximate surface area is 92.0 Å². The van der Waals surface area contributed by atoms with Crippen LogP contribution < -0.4 is 11.1 Å². The quantitative estimate of drug-likeness (QED) is 0.419. The number of carboxylic acids is 1. The molecule has 0 heterocycles. The zero-order valence-electron chi connectivity index (χ0n) is 8.84. The van der Waals surface area contributed by atoms with E-state index in [0.29, 0.717) is 0 Å². The molecular formula is C8H15N3O5. The minimum atomic E-state index is -1.67. The average Bonchev–Trinajstić information content (AvgIpc) is 2.21. The lowest BCUT2D eigenvalue weighted by Crippen LogP contribution is -2.47. The Balaban J connectivity index is 4.12. The number of aliphatic hydroxyl groups excluding tert-OH is 1. The molecule has 0 aromatic rings. The highest BCUT2D eigenvalue weighted by atomic mass is 16.4. The molecule has 0 aliphatic carbocycles. The molecule has 0 aromatic heterocycles. The van der Waals surface area contributed by atoms with Crippen molar-refractivity contribution in [2.75, 3.05) is 19.6 Å². The molecule has 0 saturated carbocycles. The molecule has 0 rings (SSSR count). The molecule has 16 heavy (non-hydrogen) atoms. The van der Waals surface area contributed by atoms with Gasteiger partial charge in [-0.15, -0.1) is 0 Å². The summed E-state index contributed by atoms with van der Waals surface area (Å²) >= 11 is 0. The third-order valence-corrected chi connectivity index (χ3v) is 1.75. The summed E-state index contributed by atoms with van der Waals surface area (Å²) in [5.41, 5.74) is 4.91. The molecule has 0 aliphatic heterocycles. The summed E-state index contributed by atoms with van der Waals surface area (Å²) in [6, 6.07) is -0.651. The summed E-state index contributed by atoms with van der Waals surface area (Å²) in [4.78, 5) is 33.3. The molecule has 3 amide bonds. The third kappa shape index (κ3) is 5.15. The average molecular weight is 233 g/mol. The van der Waals surface area contributed by atoms with Crippen molar-refractivity contribution in [1.82, 2.24) is 10.2 Å². The number of carboxylic acid groups (broad SMARTS) is 1. The molecule has 8 heteroatoms. The van der Waals surface area contributed by atoms with E-state index in [1.807, 2.05) is 0 Å². The Hall–Kier alpha value is -1.83. The maximum atomic E-state index is 11.3. The molecule has 1 unspecified atom stereocenters. The molecule has 0 fully saturated rings. The number of carbonyl (C=O) groups excluding carboxylic acids is 2. The van der Waals surface area contributed by atoms with Gasteiger partial charge in [-0.25, -0.2) is 9.59 Å². The number of nitrogens with two attached hydrogens (primary N) is 1. The van der Waals surface area contributed by atoms with E-state index in [-0.39, 0.29) is 13.1 Å². The molecule has 92 valence electrons. The number of amides is 3. The summed E-state index contributed by atoms with van der Waals surface area (Å²) in [6.45, 7) is 1.20. The second-order valence-corrected chi connectivity index (χ2v) is 3.02. The van der Waals surface area contributed by atoms with Crippen molar-refractivity contribution in [3.8, 4) is 0 Å². The van der Waals surface area contributed by atoms with E-state index in [1.54, 1.807) is 6.92 Å². The normalized spacial score (nSPS) is 11.6. The van der Waals surface area contributed by atoms with Gasteiger partial charge >= 0.3 is 12.0 Å². The van der Waals surface area contributed by atoms with Gasteiger partial charge in [0.25, 0.3) is 0 Å². The first-order valence-electron chi connectivity index (χ1n) is 4.60. The zero-order valence-corrected chi connectivity index (χ0v) is 8.84. The Morgan fingerprint density at radius 3 is 2.38 bits per heavy atom. The largest absolute Gasteiger partial charge is 0.479 e. The second kappa shape index (κ2) is 6.62. The van der Waals surface area contributed by atoms with Crippen molar-refractivity contribution in [2.24, 2.45) is 5.73 Å². The van der Waals surface area contributed by atoms with Crippen LogP contribution in [0, 0.1) is 0 Å². The number of carbonyl (C=O) groups is 3. The molecule has 0 spiro atoms. The van der Waals surface area contributed by atoms with E-state index in [9.17, 15) is 14.4 Å². The zero-order chi connectivity index (χ0) is 12.7. The van der Waals surface area contributed by atoms with E-state index in [1.165, 1.54) is 0 Å². The number of rotatable bonds is 6. The van der Waals surface area contributed by atoms with Crippen molar-refractivity contribution in [3.63, 3.8) is 0 Å². The fraction of sp³-hybridized carbons (Fsp3) is 0.625. The number of urea groups is 1. The van der Waals surface area contributed by atoms with Gasteiger partial charge < -0.3 is 26.2 Å². The number of hydrogen-bond donors (Lipinski definition) is 4. The molecule has 0 aliphatic rings. The third-order valence-electron chi connectivity index (χ3n) is 1.75. The minimum Gasteiger partial charge on any atom is -0.479 e. The number of likely N-dealkylation sites (N-methyl/N-ethyl adjacent to an activating group) is 1. The molecule has 8 nitrogen and oxygen atoms in total. The lowest BCUT2D eigenvalue weighted by molar-refractivity contribution is -0.146. The first-order chi connectivity index (χ1) is 7.38. The number of primary amides is 1. The van der Waals surface area contributed by atoms with Crippen molar-refractivity contribution in [2.45, 2.75) is 13.0 Å². The maximum Gasteiger partial charge on any atom is 0.334 e. The van der Waals surface area contributed by atoms with Gasteiger partial charge in [-0.05, 0) is 6.92 Å². The highest BCUT2D eigenvalue weighted by Gasteiger charge is 2.17. The Morgan fingerprint density at radius 1 is 1.44 bits per heavy atom. The van der Waals surface area contributed by atoms with Gasteiger partial charge in [0.15, 0.2) is 6.10 Å². The summed E-state index contributed by atoms with van der Waals surface area (Å²) in [5, 5.41) is 19.4. The molecule has 0 radical (unpaired) electrons. The number of nitrogens with zero attached hydrogens (tertiary/aromatic N) is 1. The fourth-order valence-electron chi connectivity index (χ4n) is 0.898. The van der Waals surface area contributed by atoms with Crippen molar-refractivity contribution < 1.29 is 24.6 Å². The molecule has 0 aromatic carbocycles. The summed E-state index contributed by atoms with van der Waals surface area (Å²) in [5.74, 6) is -2.10. The van der Waals surface area contributed by atoms with Crippen LogP contribution in [0.1, 0.15) is 6.92 Å². The Bertz CT molecular complexity index is 281. The molecule has 5 N–H and O–H groups in total. The van der Waals surface area contributed by atoms with Gasteiger partial charge in [0, 0.05) is 6.54 Å². The topological polar surface area (TPSA) is 133 Å². The van der Waals surface area contributed by atoms with Crippen LogP contribution in [0.2, 0.25) is 0 Å². The minimum absolute atomic E-state index is 0.248. The van der Waals surface area contributed by atoms with Crippen LogP contribution in [0.3, 0.4) is 0 Å². The van der Waals surface area contributed by atoms with Gasteiger partial charge in [0.2, 0.25) is 5.91 Å². The van der Waals surface area contributed by atoms with Crippen LogP contribution in [0.5, 0.6) is 0 Å². The summed E-state index contributed by atoms with van der Waals surface area (Å²) in [7, 11) is 0. The maximum absolute atomic E-state index is 11.3. The van der Waals surface area contributed by atoms with Crippen LogP contribution in [-0.2, 0) is 9.59 Å². The monoisotopic (exact) mass is 233 g/mol. The SMILES string of the molecule is CCN(CC(N)=O)C(=O)NCC(O)C(=O)O. The van der Waals surface area contributed by atoms with Crippen molar-refractivity contribution >= 4 is 17.9 Å². The highest BCUT2D eigenvalue weighted by Crippen LogP contribution is 1.89. The lowest BCUT2D eigenvalue weighted by atomic mass is 10.3. The predicted octanol–water partition coefficient (Wildman–Crippen LogP) is -2.05. The second-order valence-electron chi connectivity index (χ2n) is 3.02. The van der Waals surface area contributed by atoms with Gasteiger partial charge in [-0.3, -0.25) is 4.79 Å². The number of aliphatic carboxylic acids is 1. The molecule has 1 atom stereocenters. The van der Waals surface area contributed by atoms with Crippen LogP contribution in [0.4, 0.5) is 4.79 Å². The first-order valence-corrected chi connectivity index (χ1v) is 4.60. The smallest absolute Gasteiger partial charge is 0.334 e. The first kappa shape index (κ1) is 14.2. The number of hydrogen-bond acceptors (Lipinski definition) is 4. The highest BCUT2D eigenvalue weighted by molar-refractivity contribution is 5.83. The van der Waals surface area contributed by atoms with Crippen LogP contribution in [-0.4, -0.2) is 58.8 Å². The van der Waals surface area contributed by atoms with Crippen molar-refractivity contribution in [1.29, 1.82) is 0 Å². The number of nitrogens with one attached hydrogen (secondary N) is 1. The lowest BCUT2D eigenvalue weighted by Gasteiger charge is -2.20. The standard InChI is InChI=1S/C8H15N3O5/c1-2-11(4-6(9)13)8(16)10-3-5(12)7(14)15/h5,12H,2-4H2,1H3,(H2,9,13)(H,10,16)(H,14,15). The van der Waals surface area contributed by atoms with Gasteiger partial charge in [-0.1, -0.05) is 0 Å². The van der Waals surface area contributed by atoms with E-state index in [0.717, 1.165) is 4.90 Å². The molecular weight excluding hydrogens is 218 g/mol. The van der Waals surface area contributed by atoms with Gasteiger partial charge in [-0.2, -0.15) is 0 Å². The summed E-state index contributed by atoms with van der Waals surface area (Å²) in [6.07, 6.45) is -1.67. The fourth-order valence-corrected chi connectivity index (χ4v) is 0.898.